The maximum absolute atomic E-state index is 5.36. The molecular weight excluding hydrogens is 376 g/mol. The third kappa shape index (κ3) is 3.80. The van der Waals surface area contributed by atoms with E-state index in [0.717, 1.165) is 60.8 Å². The van der Waals surface area contributed by atoms with Crippen LogP contribution in [-0.4, -0.2) is 49.5 Å². The standard InChI is InChI=1S/C23H26N6O/c1-27-13-17(12-24-27)14-28-10-4-6-20(15-28)23-25-22-9-8-19(16-29(22)26-23)18-5-3-7-21(11-18)30-2/h3,5,7-9,11-13,16,20H,4,6,10,14-15H2,1-2H3/t20-/m0/s1. The predicted octanol–water partition coefficient (Wildman–Crippen LogP) is 3.52. The third-order valence-electron chi connectivity index (χ3n) is 5.79. The van der Waals surface area contributed by atoms with Gasteiger partial charge in [-0.1, -0.05) is 12.1 Å². The molecule has 0 spiro atoms. The Balaban J connectivity index is 1.36. The van der Waals surface area contributed by atoms with Gasteiger partial charge in [0, 0.05) is 49.6 Å². The maximum Gasteiger partial charge on any atom is 0.156 e. The van der Waals surface area contributed by atoms with Gasteiger partial charge in [-0.05, 0) is 49.2 Å². The molecule has 1 atom stereocenters. The molecule has 1 aliphatic heterocycles. The molecule has 4 heterocycles. The highest BCUT2D eigenvalue weighted by Crippen LogP contribution is 2.28. The van der Waals surface area contributed by atoms with E-state index in [-0.39, 0.29) is 0 Å². The molecule has 154 valence electrons. The molecule has 0 radical (unpaired) electrons. The van der Waals surface area contributed by atoms with Crippen molar-refractivity contribution in [2.75, 3.05) is 20.2 Å². The minimum atomic E-state index is 0.357. The molecule has 0 bridgehead atoms. The topological polar surface area (TPSA) is 60.5 Å². The van der Waals surface area contributed by atoms with E-state index in [2.05, 4.69) is 34.5 Å². The van der Waals surface area contributed by atoms with E-state index < -0.39 is 0 Å². The van der Waals surface area contributed by atoms with Gasteiger partial charge in [0.25, 0.3) is 0 Å². The second-order valence-corrected chi connectivity index (χ2v) is 8.02. The summed E-state index contributed by atoms with van der Waals surface area (Å²) >= 11 is 0. The first-order valence-electron chi connectivity index (χ1n) is 10.4. The van der Waals surface area contributed by atoms with Gasteiger partial charge in [0.05, 0.1) is 13.3 Å². The quantitative estimate of drug-likeness (QED) is 0.511. The summed E-state index contributed by atoms with van der Waals surface area (Å²) < 4.78 is 9.12. The number of hydrogen-bond donors (Lipinski definition) is 0. The molecule has 1 saturated heterocycles. The van der Waals surface area contributed by atoms with Gasteiger partial charge in [-0.2, -0.15) is 10.2 Å². The van der Waals surface area contributed by atoms with E-state index in [4.69, 9.17) is 14.8 Å². The molecule has 4 aromatic rings. The van der Waals surface area contributed by atoms with Gasteiger partial charge in [0.15, 0.2) is 11.5 Å². The average Bonchev–Trinajstić information content (AvgIpc) is 3.39. The molecule has 1 aromatic carbocycles. The molecule has 3 aromatic heterocycles. The summed E-state index contributed by atoms with van der Waals surface area (Å²) in [7, 11) is 3.65. The van der Waals surface area contributed by atoms with Crippen LogP contribution in [0, 0.1) is 0 Å². The number of ether oxygens (including phenoxy) is 1. The molecule has 30 heavy (non-hydrogen) atoms. The van der Waals surface area contributed by atoms with Gasteiger partial charge in [0.1, 0.15) is 5.75 Å². The lowest BCUT2D eigenvalue weighted by Crippen LogP contribution is -2.34. The molecule has 0 unspecified atom stereocenters. The summed E-state index contributed by atoms with van der Waals surface area (Å²) in [6, 6.07) is 12.2. The Morgan fingerprint density at radius 2 is 2.07 bits per heavy atom. The fourth-order valence-corrected chi connectivity index (χ4v) is 4.27. The highest BCUT2D eigenvalue weighted by atomic mass is 16.5. The van der Waals surface area contributed by atoms with Gasteiger partial charge in [-0.3, -0.25) is 9.58 Å². The lowest BCUT2D eigenvalue weighted by molar-refractivity contribution is 0.196. The number of benzene rings is 1. The predicted molar refractivity (Wildman–Crippen MR) is 115 cm³/mol. The second kappa shape index (κ2) is 7.91. The molecule has 5 rings (SSSR count). The summed E-state index contributed by atoms with van der Waals surface area (Å²) in [6.07, 6.45) is 8.38. The molecule has 0 saturated carbocycles. The average molecular weight is 403 g/mol. The van der Waals surface area contributed by atoms with Gasteiger partial charge in [0.2, 0.25) is 0 Å². The number of aryl methyl sites for hydroxylation is 1. The monoisotopic (exact) mass is 402 g/mol. The highest BCUT2D eigenvalue weighted by Gasteiger charge is 2.25. The largest absolute Gasteiger partial charge is 0.497 e. The van der Waals surface area contributed by atoms with Gasteiger partial charge < -0.3 is 4.74 Å². The zero-order valence-electron chi connectivity index (χ0n) is 17.4. The molecular formula is C23H26N6O. The molecule has 7 nitrogen and oxygen atoms in total. The van der Waals surface area contributed by atoms with Crippen LogP contribution in [-0.2, 0) is 13.6 Å². The molecule has 0 N–H and O–H groups in total. The Hall–Kier alpha value is -3.19. The van der Waals surface area contributed by atoms with Crippen molar-refractivity contribution in [3.8, 4) is 16.9 Å². The van der Waals surface area contributed by atoms with Crippen LogP contribution in [0.15, 0.2) is 55.0 Å². The Bertz CT molecular complexity index is 1160. The number of fused-ring (bicyclic) bond motifs is 1. The maximum atomic E-state index is 5.36. The van der Waals surface area contributed by atoms with E-state index >= 15 is 0 Å². The molecule has 0 amide bonds. The van der Waals surface area contributed by atoms with Gasteiger partial charge in [-0.15, -0.1) is 0 Å². The lowest BCUT2D eigenvalue weighted by Gasteiger charge is -2.30. The number of likely N-dealkylation sites (tertiary alicyclic amines) is 1. The number of pyridine rings is 1. The molecule has 1 fully saturated rings. The Labute approximate surface area is 175 Å². The minimum absolute atomic E-state index is 0.357. The molecule has 0 aliphatic carbocycles. The first-order chi connectivity index (χ1) is 14.7. The SMILES string of the molecule is COc1cccc(-c2ccc3nc([C@H]4CCCN(Cc5cnn(C)c5)C4)nn3c2)c1. The summed E-state index contributed by atoms with van der Waals surface area (Å²) in [4.78, 5) is 7.32. The number of piperidine rings is 1. The van der Waals surface area contributed by atoms with Crippen LogP contribution in [0.1, 0.15) is 30.1 Å². The van der Waals surface area contributed by atoms with Gasteiger partial charge >= 0.3 is 0 Å². The van der Waals surface area contributed by atoms with Crippen molar-refractivity contribution in [2.45, 2.75) is 25.3 Å². The van der Waals surface area contributed by atoms with Crippen LogP contribution in [0.25, 0.3) is 16.8 Å². The van der Waals surface area contributed by atoms with Crippen LogP contribution in [0.4, 0.5) is 0 Å². The van der Waals surface area contributed by atoms with Crippen molar-refractivity contribution < 1.29 is 4.74 Å². The lowest BCUT2D eigenvalue weighted by atomic mass is 9.97. The van der Waals surface area contributed by atoms with Crippen LogP contribution in [0.5, 0.6) is 5.75 Å². The highest BCUT2D eigenvalue weighted by molar-refractivity contribution is 5.65. The summed E-state index contributed by atoms with van der Waals surface area (Å²) in [5.41, 5.74) is 4.35. The third-order valence-corrected chi connectivity index (χ3v) is 5.79. The van der Waals surface area contributed by atoms with Crippen molar-refractivity contribution in [1.29, 1.82) is 0 Å². The second-order valence-electron chi connectivity index (χ2n) is 8.02. The Kier molecular flexibility index (Phi) is 4.96. The number of aromatic nitrogens is 5. The van der Waals surface area contributed by atoms with E-state index in [1.807, 2.05) is 46.7 Å². The zero-order chi connectivity index (χ0) is 20.5. The Morgan fingerprint density at radius 1 is 1.13 bits per heavy atom. The van der Waals surface area contributed by atoms with Crippen molar-refractivity contribution in [1.82, 2.24) is 29.3 Å². The fourth-order valence-electron chi connectivity index (χ4n) is 4.27. The van der Waals surface area contributed by atoms with E-state index in [0.29, 0.717) is 5.92 Å². The van der Waals surface area contributed by atoms with Crippen LogP contribution in [0.2, 0.25) is 0 Å². The normalized spacial score (nSPS) is 17.5. The van der Waals surface area contributed by atoms with Crippen molar-refractivity contribution in [3.05, 3.63) is 66.4 Å². The Morgan fingerprint density at radius 3 is 2.90 bits per heavy atom. The number of hydrogen-bond acceptors (Lipinski definition) is 5. The zero-order valence-corrected chi connectivity index (χ0v) is 17.4. The minimum Gasteiger partial charge on any atom is -0.497 e. The smallest absolute Gasteiger partial charge is 0.156 e. The molecule has 7 heteroatoms. The van der Waals surface area contributed by atoms with Crippen molar-refractivity contribution >= 4 is 5.65 Å². The number of rotatable bonds is 5. The summed E-state index contributed by atoms with van der Waals surface area (Å²) in [5.74, 6) is 2.15. The van der Waals surface area contributed by atoms with Crippen molar-refractivity contribution in [3.63, 3.8) is 0 Å². The number of nitrogens with zero attached hydrogens (tertiary/aromatic N) is 6. The molecule has 1 aliphatic rings. The summed E-state index contributed by atoms with van der Waals surface area (Å²) in [6.45, 7) is 3.02. The first kappa shape index (κ1) is 18.8. The van der Waals surface area contributed by atoms with E-state index in [1.54, 1.807) is 7.11 Å². The van der Waals surface area contributed by atoms with E-state index in [9.17, 15) is 0 Å². The van der Waals surface area contributed by atoms with E-state index in [1.165, 1.54) is 5.56 Å². The number of methoxy groups -OCH3 is 1. The fraction of sp³-hybridized carbons (Fsp3) is 0.348. The summed E-state index contributed by atoms with van der Waals surface area (Å²) in [5, 5.41) is 9.13. The van der Waals surface area contributed by atoms with Crippen molar-refractivity contribution in [2.24, 2.45) is 7.05 Å². The van der Waals surface area contributed by atoms with Crippen LogP contribution < -0.4 is 4.74 Å². The van der Waals surface area contributed by atoms with Crippen LogP contribution >= 0.6 is 0 Å². The first-order valence-corrected chi connectivity index (χ1v) is 10.4. The van der Waals surface area contributed by atoms with Crippen LogP contribution in [0.3, 0.4) is 0 Å². The van der Waals surface area contributed by atoms with Gasteiger partial charge in [-0.25, -0.2) is 9.50 Å².